The summed E-state index contributed by atoms with van der Waals surface area (Å²) in [5, 5.41) is 5.59. The molecule has 2 N–H and O–H groups in total. The zero-order valence-corrected chi connectivity index (χ0v) is 17.4. The Bertz CT molecular complexity index is 888. The second-order valence-electron chi connectivity index (χ2n) is 7.41. The topological polar surface area (TPSA) is 81.8 Å². The molecule has 4 amide bonds. The molecular formula is C23H28N4O3. The average molecular weight is 409 g/mol. The first kappa shape index (κ1) is 21.4. The lowest BCUT2D eigenvalue weighted by atomic mass is 9.87. The van der Waals surface area contributed by atoms with Crippen LogP contribution in [0.2, 0.25) is 0 Å². The molecule has 1 fully saturated rings. The molecular weight excluding hydrogens is 380 g/mol. The lowest BCUT2D eigenvalue weighted by Gasteiger charge is -2.25. The van der Waals surface area contributed by atoms with Gasteiger partial charge >= 0.3 is 6.03 Å². The van der Waals surface area contributed by atoms with Crippen LogP contribution < -0.4 is 15.5 Å². The second-order valence-corrected chi connectivity index (χ2v) is 7.41. The Morgan fingerprint density at radius 2 is 1.70 bits per heavy atom. The number of imide groups is 1. The molecule has 1 aliphatic rings. The highest BCUT2D eigenvalue weighted by molar-refractivity contribution is 6.09. The number of carbonyl (C=O) groups is 3. The first-order chi connectivity index (χ1) is 14.5. The van der Waals surface area contributed by atoms with Crippen molar-refractivity contribution in [1.82, 2.24) is 15.5 Å². The fraction of sp³-hybridized carbons (Fsp3) is 0.348. The van der Waals surface area contributed by atoms with Crippen molar-refractivity contribution in [1.29, 1.82) is 0 Å². The Labute approximate surface area is 177 Å². The van der Waals surface area contributed by atoms with Crippen LogP contribution in [-0.2, 0) is 15.1 Å². The summed E-state index contributed by atoms with van der Waals surface area (Å²) in [6, 6.07) is 18.6. The third kappa shape index (κ3) is 4.45. The number of hydrogen-bond acceptors (Lipinski definition) is 4. The van der Waals surface area contributed by atoms with Gasteiger partial charge in [0.25, 0.3) is 5.91 Å². The molecule has 3 rings (SSSR count). The molecule has 7 nitrogen and oxygen atoms in total. The number of anilines is 1. The lowest BCUT2D eigenvalue weighted by Crippen LogP contribution is -2.45. The van der Waals surface area contributed by atoms with E-state index in [2.05, 4.69) is 15.5 Å². The average Bonchev–Trinajstić information content (AvgIpc) is 3.03. The van der Waals surface area contributed by atoms with Crippen LogP contribution in [0, 0.1) is 0 Å². The van der Waals surface area contributed by atoms with E-state index >= 15 is 0 Å². The maximum atomic E-state index is 13.0. The Morgan fingerprint density at radius 1 is 1.07 bits per heavy atom. The molecule has 0 spiro atoms. The van der Waals surface area contributed by atoms with Gasteiger partial charge in [0.2, 0.25) is 5.91 Å². The van der Waals surface area contributed by atoms with Crippen LogP contribution >= 0.6 is 0 Å². The second kappa shape index (κ2) is 9.43. The molecule has 0 saturated carbocycles. The Morgan fingerprint density at radius 3 is 2.33 bits per heavy atom. The van der Waals surface area contributed by atoms with Gasteiger partial charge in [-0.15, -0.1) is 0 Å². The molecule has 1 aliphatic heterocycles. The number of urea groups is 1. The van der Waals surface area contributed by atoms with Crippen LogP contribution in [-0.4, -0.2) is 49.4 Å². The largest absolute Gasteiger partial charge is 0.375 e. The minimum Gasteiger partial charge on any atom is -0.375 e. The van der Waals surface area contributed by atoms with E-state index in [9.17, 15) is 14.4 Å². The minimum absolute atomic E-state index is 0.284. The van der Waals surface area contributed by atoms with E-state index in [4.69, 9.17) is 0 Å². The number of amides is 4. The molecule has 2 aromatic carbocycles. The Balaban J connectivity index is 1.51. The fourth-order valence-electron chi connectivity index (χ4n) is 3.69. The molecule has 1 unspecified atom stereocenters. The van der Waals surface area contributed by atoms with E-state index in [1.807, 2.05) is 74.6 Å². The van der Waals surface area contributed by atoms with E-state index in [-0.39, 0.29) is 18.4 Å². The highest BCUT2D eigenvalue weighted by atomic mass is 16.2. The van der Waals surface area contributed by atoms with Crippen molar-refractivity contribution >= 4 is 23.5 Å². The number of rotatable bonds is 9. The minimum atomic E-state index is -1.11. The van der Waals surface area contributed by atoms with Crippen LogP contribution in [0.15, 0.2) is 60.7 Å². The van der Waals surface area contributed by atoms with Crippen LogP contribution in [0.1, 0.15) is 25.3 Å². The molecule has 0 aromatic heterocycles. The first-order valence-corrected chi connectivity index (χ1v) is 10.2. The molecule has 7 heteroatoms. The van der Waals surface area contributed by atoms with E-state index in [0.29, 0.717) is 13.0 Å². The standard InChI is InChI=1S/C23H28N4O3/c1-3-23(18-11-6-4-7-12-18)21(29)27(22(30)25-23)17-20(28)24-15-10-16-26(2)19-13-8-5-9-14-19/h4-9,11-14H,3,10,15-17H2,1-2H3,(H,24,28)(H,25,30). The van der Waals surface area contributed by atoms with E-state index in [1.54, 1.807) is 0 Å². The number of para-hydroxylation sites is 1. The van der Waals surface area contributed by atoms with Crippen molar-refractivity contribution in [3.8, 4) is 0 Å². The summed E-state index contributed by atoms with van der Waals surface area (Å²) >= 11 is 0. The highest BCUT2D eigenvalue weighted by Crippen LogP contribution is 2.32. The number of nitrogens with one attached hydrogen (secondary N) is 2. The molecule has 1 saturated heterocycles. The van der Waals surface area contributed by atoms with Gasteiger partial charge in [0.1, 0.15) is 12.1 Å². The van der Waals surface area contributed by atoms with Crippen molar-refractivity contribution < 1.29 is 14.4 Å². The molecule has 0 aliphatic carbocycles. The van der Waals surface area contributed by atoms with Crippen molar-refractivity contribution in [2.24, 2.45) is 0 Å². The fourth-order valence-corrected chi connectivity index (χ4v) is 3.69. The molecule has 2 aromatic rings. The summed E-state index contributed by atoms with van der Waals surface area (Å²) in [4.78, 5) is 40.9. The SMILES string of the molecule is CCC1(c2ccccc2)NC(=O)N(CC(=O)NCCCN(C)c2ccccc2)C1=O. The quantitative estimate of drug-likeness (QED) is 0.493. The van der Waals surface area contributed by atoms with Crippen molar-refractivity contribution in [3.05, 3.63) is 66.2 Å². The molecule has 158 valence electrons. The van der Waals surface area contributed by atoms with Gasteiger partial charge in [-0.25, -0.2) is 4.79 Å². The van der Waals surface area contributed by atoms with Gasteiger partial charge in [0.05, 0.1) is 0 Å². The molecule has 30 heavy (non-hydrogen) atoms. The van der Waals surface area contributed by atoms with Gasteiger partial charge in [-0.3, -0.25) is 14.5 Å². The van der Waals surface area contributed by atoms with Crippen LogP contribution in [0.3, 0.4) is 0 Å². The number of carbonyl (C=O) groups excluding carboxylic acids is 3. The summed E-state index contributed by atoms with van der Waals surface area (Å²) in [5.74, 6) is -0.735. The monoisotopic (exact) mass is 408 g/mol. The number of benzene rings is 2. The summed E-state index contributed by atoms with van der Waals surface area (Å²) in [6.07, 6.45) is 1.16. The van der Waals surface area contributed by atoms with Gasteiger partial charge < -0.3 is 15.5 Å². The zero-order chi connectivity index (χ0) is 21.6. The van der Waals surface area contributed by atoms with Crippen molar-refractivity contribution in [2.75, 3.05) is 31.6 Å². The number of nitrogens with zero attached hydrogens (tertiary/aromatic N) is 2. The number of hydrogen-bond donors (Lipinski definition) is 2. The maximum Gasteiger partial charge on any atom is 0.325 e. The van der Waals surface area contributed by atoms with Gasteiger partial charge in [-0.2, -0.15) is 0 Å². The van der Waals surface area contributed by atoms with Gasteiger partial charge in [-0.1, -0.05) is 55.5 Å². The van der Waals surface area contributed by atoms with Gasteiger partial charge in [0, 0.05) is 25.8 Å². The molecule has 1 atom stereocenters. The van der Waals surface area contributed by atoms with Crippen molar-refractivity contribution in [3.63, 3.8) is 0 Å². The third-order valence-corrected chi connectivity index (χ3v) is 5.46. The molecule has 0 bridgehead atoms. The molecule has 1 heterocycles. The Hall–Kier alpha value is -3.35. The smallest absolute Gasteiger partial charge is 0.325 e. The van der Waals surface area contributed by atoms with E-state index in [0.717, 1.165) is 29.1 Å². The molecule has 0 radical (unpaired) electrons. The maximum absolute atomic E-state index is 13.0. The summed E-state index contributed by atoms with van der Waals surface area (Å²) in [6.45, 7) is 2.81. The predicted octanol–water partition coefficient (Wildman–Crippen LogP) is 2.49. The van der Waals surface area contributed by atoms with E-state index < -0.39 is 11.6 Å². The Kier molecular flexibility index (Phi) is 6.72. The van der Waals surface area contributed by atoms with Crippen LogP contribution in [0.25, 0.3) is 0 Å². The van der Waals surface area contributed by atoms with Crippen molar-refractivity contribution in [2.45, 2.75) is 25.3 Å². The van der Waals surface area contributed by atoms with Crippen LogP contribution in [0.5, 0.6) is 0 Å². The predicted molar refractivity (Wildman–Crippen MR) is 116 cm³/mol. The summed E-state index contributed by atoms with van der Waals surface area (Å²) in [5.41, 5.74) is 0.717. The summed E-state index contributed by atoms with van der Waals surface area (Å²) < 4.78 is 0. The normalized spacial score (nSPS) is 18.3. The zero-order valence-electron chi connectivity index (χ0n) is 17.4. The first-order valence-electron chi connectivity index (χ1n) is 10.2. The lowest BCUT2D eigenvalue weighted by molar-refractivity contribution is -0.135. The van der Waals surface area contributed by atoms with Crippen LogP contribution in [0.4, 0.5) is 10.5 Å². The van der Waals surface area contributed by atoms with Gasteiger partial charge in [0.15, 0.2) is 0 Å². The van der Waals surface area contributed by atoms with Gasteiger partial charge in [-0.05, 0) is 30.5 Å². The summed E-state index contributed by atoms with van der Waals surface area (Å²) in [7, 11) is 2.00. The van der Waals surface area contributed by atoms with E-state index in [1.165, 1.54) is 0 Å². The highest BCUT2D eigenvalue weighted by Gasteiger charge is 2.51. The third-order valence-electron chi connectivity index (χ3n) is 5.46.